The van der Waals surface area contributed by atoms with Crippen molar-refractivity contribution in [2.45, 2.75) is 26.0 Å². The van der Waals surface area contributed by atoms with E-state index in [2.05, 4.69) is 5.32 Å². The Bertz CT molecular complexity index is 993. The van der Waals surface area contributed by atoms with Crippen molar-refractivity contribution in [2.75, 3.05) is 17.3 Å². The van der Waals surface area contributed by atoms with E-state index in [1.165, 1.54) is 37.1 Å². The predicted molar refractivity (Wildman–Crippen MR) is 107 cm³/mol. The Labute approximate surface area is 172 Å². The van der Waals surface area contributed by atoms with Gasteiger partial charge in [0.15, 0.2) is 6.10 Å². The van der Waals surface area contributed by atoms with Crippen LogP contribution in [-0.4, -0.2) is 42.1 Å². The summed E-state index contributed by atoms with van der Waals surface area (Å²) >= 11 is 6.00. The molecule has 2 amide bonds. The summed E-state index contributed by atoms with van der Waals surface area (Å²) in [6, 6.07) is 8.01. The molecular formula is C20H19ClN2O6. The lowest BCUT2D eigenvalue weighted by atomic mass is 10.1. The van der Waals surface area contributed by atoms with Crippen molar-refractivity contribution in [2.24, 2.45) is 0 Å². The molecule has 1 aliphatic heterocycles. The number of carboxylic acids is 1. The smallest absolute Gasteiger partial charge is 0.335 e. The first-order valence-corrected chi connectivity index (χ1v) is 9.12. The van der Waals surface area contributed by atoms with Gasteiger partial charge in [0.2, 0.25) is 5.91 Å². The fourth-order valence-electron chi connectivity index (χ4n) is 3.03. The highest BCUT2D eigenvalue weighted by atomic mass is 35.5. The first-order chi connectivity index (χ1) is 13.7. The lowest BCUT2D eigenvalue weighted by Crippen LogP contribution is -2.52. The molecule has 0 fully saturated rings. The van der Waals surface area contributed by atoms with Crippen molar-refractivity contribution < 1.29 is 29.0 Å². The standard InChI is InChI=1S/C20H19ClN2O6/c1-10(18(24)22-14-9-13(21)5-7-16(14)28-3)23-15-6-4-12(20(26)27)8-17(15)29-11(2)19(23)25/h4-11H,1-3H3,(H,22,24)(H,26,27). The van der Waals surface area contributed by atoms with Crippen LogP contribution in [0.2, 0.25) is 5.02 Å². The molecule has 2 aromatic carbocycles. The molecule has 2 unspecified atom stereocenters. The number of benzene rings is 2. The van der Waals surface area contributed by atoms with Crippen molar-refractivity contribution in [1.29, 1.82) is 0 Å². The highest BCUT2D eigenvalue weighted by molar-refractivity contribution is 6.31. The molecule has 0 saturated heterocycles. The van der Waals surface area contributed by atoms with Gasteiger partial charge in [-0.05, 0) is 50.2 Å². The fraction of sp³-hybridized carbons (Fsp3) is 0.250. The van der Waals surface area contributed by atoms with Crippen LogP contribution in [-0.2, 0) is 9.59 Å². The van der Waals surface area contributed by atoms with E-state index in [0.717, 1.165) is 0 Å². The zero-order valence-corrected chi connectivity index (χ0v) is 16.7. The third-order valence-corrected chi connectivity index (χ3v) is 4.78. The molecule has 2 N–H and O–H groups in total. The van der Waals surface area contributed by atoms with Crippen molar-refractivity contribution in [3.05, 3.63) is 47.0 Å². The quantitative estimate of drug-likeness (QED) is 0.772. The van der Waals surface area contributed by atoms with Gasteiger partial charge in [-0.25, -0.2) is 4.79 Å². The largest absolute Gasteiger partial charge is 0.495 e. The number of nitrogens with one attached hydrogen (secondary N) is 1. The molecule has 0 aromatic heterocycles. The highest BCUT2D eigenvalue weighted by Gasteiger charge is 2.37. The minimum Gasteiger partial charge on any atom is -0.495 e. The molecule has 0 radical (unpaired) electrons. The van der Waals surface area contributed by atoms with Gasteiger partial charge in [-0.1, -0.05) is 11.6 Å². The van der Waals surface area contributed by atoms with Gasteiger partial charge in [-0.3, -0.25) is 14.5 Å². The summed E-state index contributed by atoms with van der Waals surface area (Å²) in [5, 5.41) is 12.3. The summed E-state index contributed by atoms with van der Waals surface area (Å²) < 4.78 is 10.8. The molecule has 3 rings (SSSR count). The van der Waals surface area contributed by atoms with Gasteiger partial charge in [0.05, 0.1) is 24.0 Å². The van der Waals surface area contributed by atoms with Crippen LogP contribution < -0.4 is 19.7 Å². The van der Waals surface area contributed by atoms with Crippen molar-refractivity contribution in [1.82, 2.24) is 0 Å². The Morgan fingerprint density at radius 2 is 2.00 bits per heavy atom. The summed E-state index contributed by atoms with van der Waals surface area (Å²) in [6.07, 6.45) is -0.873. The number of nitrogens with zero attached hydrogens (tertiary/aromatic N) is 1. The molecule has 0 aliphatic carbocycles. The monoisotopic (exact) mass is 418 g/mol. The van der Waals surface area contributed by atoms with E-state index in [1.807, 2.05) is 0 Å². The number of aromatic carboxylic acids is 1. The van der Waals surface area contributed by atoms with Crippen LogP contribution >= 0.6 is 11.6 Å². The number of amides is 2. The first-order valence-electron chi connectivity index (χ1n) is 8.74. The van der Waals surface area contributed by atoms with Crippen LogP contribution in [0.1, 0.15) is 24.2 Å². The third kappa shape index (κ3) is 3.97. The first kappa shape index (κ1) is 20.5. The molecule has 0 saturated carbocycles. The summed E-state index contributed by atoms with van der Waals surface area (Å²) in [7, 11) is 1.46. The van der Waals surface area contributed by atoms with Crippen LogP contribution in [0.3, 0.4) is 0 Å². The number of hydrogen-bond acceptors (Lipinski definition) is 5. The maximum atomic E-state index is 12.9. The normalized spacial score (nSPS) is 16.5. The number of methoxy groups -OCH3 is 1. The van der Waals surface area contributed by atoms with E-state index in [4.69, 9.17) is 21.1 Å². The molecule has 152 valence electrons. The Kier molecular flexibility index (Phi) is 5.65. The van der Waals surface area contributed by atoms with Gasteiger partial charge in [-0.15, -0.1) is 0 Å². The van der Waals surface area contributed by atoms with Gasteiger partial charge in [0, 0.05) is 5.02 Å². The van der Waals surface area contributed by atoms with Crippen LogP contribution in [0, 0.1) is 0 Å². The zero-order chi connectivity index (χ0) is 21.3. The van der Waals surface area contributed by atoms with Crippen LogP contribution in [0.5, 0.6) is 11.5 Å². The van der Waals surface area contributed by atoms with Gasteiger partial charge in [0.1, 0.15) is 17.5 Å². The SMILES string of the molecule is COc1ccc(Cl)cc1NC(=O)C(C)N1C(=O)C(C)Oc2cc(C(=O)O)ccc21. The van der Waals surface area contributed by atoms with Crippen molar-refractivity contribution in [3.63, 3.8) is 0 Å². The molecule has 2 aromatic rings. The Balaban J connectivity index is 1.93. The predicted octanol–water partition coefficient (Wildman–Crippen LogP) is 3.19. The maximum absolute atomic E-state index is 12.9. The number of ether oxygens (including phenoxy) is 2. The lowest BCUT2D eigenvalue weighted by molar-refractivity contribution is -0.128. The van der Waals surface area contributed by atoms with Crippen LogP contribution in [0.4, 0.5) is 11.4 Å². The molecular weight excluding hydrogens is 400 g/mol. The molecule has 0 bridgehead atoms. The minimum absolute atomic E-state index is 0.0195. The summed E-state index contributed by atoms with van der Waals surface area (Å²) in [6.45, 7) is 3.10. The Morgan fingerprint density at radius 3 is 2.66 bits per heavy atom. The second kappa shape index (κ2) is 8.00. The minimum atomic E-state index is -1.12. The van der Waals surface area contributed by atoms with Gasteiger partial charge in [-0.2, -0.15) is 0 Å². The highest BCUT2D eigenvalue weighted by Crippen LogP contribution is 2.37. The van der Waals surface area contributed by atoms with E-state index in [9.17, 15) is 19.5 Å². The number of carboxylic acid groups (broad SMARTS) is 1. The van der Waals surface area contributed by atoms with Crippen LogP contribution in [0.15, 0.2) is 36.4 Å². The van der Waals surface area contributed by atoms with Gasteiger partial charge in [0.25, 0.3) is 5.91 Å². The van der Waals surface area contributed by atoms with Gasteiger partial charge >= 0.3 is 5.97 Å². The number of carbonyl (C=O) groups excluding carboxylic acids is 2. The lowest BCUT2D eigenvalue weighted by Gasteiger charge is -2.36. The summed E-state index contributed by atoms with van der Waals surface area (Å²) in [5.74, 6) is -1.37. The second-order valence-electron chi connectivity index (χ2n) is 6.47. The number of fused-ring (bicyclic) bond motifs is 1. The topological polar surface area (TPSA) is 105 Å². The summed E-state index contributed by atoms with van der Waals surface area (Å²) in [5.41, 5.74) is 0.705. The van der Waals surface area contributed by atoms with Crippen molar-refractivity contribution >= 4 is 40.8 Å². The Hall–Kier alpha value is -3.26. The molecule has 9 heteroatoms. The number of rotatable bonds is 5. The number of anilines is 2. The molecule has 29 heavy (non-hydrogen) atoms. The maximum Gasteiger partial charge on any atom is 0.335 e. The Morgan fingerprint density at radius 1 is 1.28 bits per heavy atom. The molecule has 8 nitrogen and oxygen atoms in total. The van der Waals surface area contributed by atoms with E-state index < -0.39 is 29.9 Å². The van der Waals surface area contributed by atoms with E-state index >= 15 is 0 Å². The molecule has 0 spiro atoms. The number of hydrogen-bond donors (Lipinski definition) is 2. The number of carbonyl (C=O) groups is 3. The van der Waals surface area contributed by atoms with Crippen LogP contribution in [0.25, 0.3) is 0 Å². The van der Waals surface area contributed by atoms with Gasteiger partial charge < -0.3 is 19.9 Å². The molecule has 2 atom stereocenters. The van der Waals surface area contributed by atoms with Crippen molar-refractivity contribution in [3.8, 4) is 11.5 Å². The van der Waals surface area contributed by atoms with E-state index in [1.54, 1.807) is 25.1 Å². The average Bonchev–Trinajstić information content (AvgIpc) is 2.68. The third-order valence-electron chi connectivity index (χ3n) is 4.54. The second-order valence-corrected chi connectivity index (χ2v) is 6.90. The van der Waals surface area contributed by atoms with E-state index in [-0.39, 0.29) is 11.3 Å². The van der Waals surface area contributed by atoms with E-state index in [0.29, 0.717) is 22.1 Å². The fourth-order valence-corrected chi connectivity index (χ4v) is 3.20. The molecule has 1 heterocycles. The molecule has 1 aliphatic rings. The zero-order valence-electron chi connectivity index (χ0n) is 15.9. The average molecular weight is 419 g/mol. The summed E-state index contributed by atoms with van der Waals surface area (Å²) in [4.78, 5) is 38.1. The number of halogens is 1.